The highest BCUT2D eigenvalue weighted by atomic mass is 35.5. The van der Waals surface area contributed by atoms with Crippen LogP contribution in [0.15, 0.2) is 77.6 Å². The molecular formula is C21H20Cl2N4O2. The molecule has 0 heterocycles. The van der Waals surface area contributed by atoms with E-state index in [-0.39, 0.29) is 16.8 Å². The highest BCUT2D eigenvalue weighted by Gasteiger charge is 2.12. The lowest BCUT2D eigenvalue weighted by Gasteiger charge is -2.09. The van der Waals surface area contributed by atoms with Crippen molar-refractivity contribution < 1.29 is 9.59 Å². The van der Waals surface area contributed by atoms with Crippen molar-refractivity contribution >= 4 is 46.4 Å². The van der Waals surface area contributed by atoms with E-state index >= 15 is 0 Å². The van der Waals surface area contributed by atoms with Crippen molar-refractivity contribution in [2.24, 2.45) is 5.73 Å². The molecule has 0 unspecified atom stereocenters. The Labute approximate surface area is 178 Å². The molecule has 6 N–H and O–H groups in total. The predicted octanol–water partition coefficient (Wildman–Crippen LogP) is 4.40. The van der Waals surface area contributed by atoms with Crippen LogP contribution in [0.1, 0.15) is 27.6 Å². The maximum absolute atomic E-state index is 12.4. The van der Waals surface area contributed by atoms with Gasteiger partial charge >= 0.3 is 0 Å². The first kappa shape index (κ1) is 22.1. The lowest BCUT2D eigenvalue weighted by Crippen LogP contribution is -2.22. The first-order valence-corrected chi connectivity index (χ1v) is 9.20. The van der Waals surface area contributed by atoms with Gasteiger partial charge in [0.2, 0.25) is 0 Å². The van der Waals surface area contributed by atoms with E-state index < -0.39 is 0 Å². The van der Waals surface area contributed by atoms with Crippen LogP contribution in [0.3, 0.4) is 0 Å². The fourth-order valence-electron chi connectivity index (χ4n) is 2.22. The normalized spacial score (nSPS) is 12.0. The summed E-state index contributed by atoms with van der Waals surface area (Å²) in [6.07, 6.45) is 2.93. The fraction of sp³-hybridized carbons (Fsp3) is 0.0476. The minimum Gasteiger partial charge on any atom is -0.399 e. The number of rotatable bonds is 6. The van der Waals surface area contributed by atoms with Gasteiger partial charge in [0.25, 0.3) is 11.8 Å². The number of carbonyl (C=O) groups is 2. The highest BCUT2D eigenvalue weighted by Crippen LogP contribution is 2.24. The first-order chi connectivity index (χ1) is 13.7. The van der Waals surface area contributed by atoms with Crippen molar-refractivity contribution in [2.45, 2.75) is 6.92 Å². The van der Waals surface area contributed by atoms with Crippen LogP contribution in [-0.4, -0.2) is 11.8 Å². The van der Waals surface area contributed by atoms with Gasteiger partial charge in [-0.3, -0.25) is 9.59 Å². The second-order valence-corrected chi connectivity index (χ2v) is 6.86. The van der Waals surface area contributed by atoms with E-state index in [4.69, 9.17) is 34.7 Å². The number of nitrogens with one attached hydrogen (secondary N) is 2. The molecule has 0 saturated carbocycles. The summed E-state index contributed by atoms with van der Waals surface area (Å²) in [4.78, 5) is 24.7. The number of hydrogen-bond acceptors (Lipinski definition) is 4. The molecule has 0 spiro atoms. The molecular weight excluding hydrogens is 411 g/mol. The largest absolute Gasteiger partial charge is 0.399 e. The predicted molar refractivity (Wildman–Crippen MR) is 119 cm³/mol. The smallest absolute Gasteiger partial charge is 0.255 e. The van der Waals surface area contributed by atoms with Gasteiger partial charge in [0.1, 0.15) is 0 Å². The number of nitrogen functional groups attached to an aromatic ring is 1. The van der Waals surface area contributed by atoms with Crippen molar-refractivity contribution in [1.82, 2.24) is 5.32 Å². The third-order valence-electron chi connectivity index (χ3n) is 3.84. The van der Waals surface area contributed by atoms with E-state index in [0.717, 1.165) is 0 Å². The van der Waals surface area contributed by atoms with Gasteiger partial charge in [-0.25, -0.2) is 0 Å². The van der Waals surface area contributed by atoms with Gasteiger partial charge in [0, 0.05) is 28.2 Å². The first-order valence-electron chi connectivity index (χ1n) is 8.45. The summed E-state index contributed by atoms with van der Waals surface area (Å²) < 4.78 is 0. The molecule has 0 aromatic heterocycles. The molecule has 150 valence electrons. The molecule has 0 saturated heterocycles. The standard InChI is InChI=1S/C21H20Cl2N4O2/c1-3-15(24)10-17(22)12(2)26-20(28)13-4-6-14(7-5-13)21(29)27-19-9-8-16(25)11-18(19)23/h3-11H,1,24-25H2,2H3,(H,26,28)(H,27,29)/b15-10+,17-12-. The van der Waals surface area contributed by atoms with Crippen molar-refractivity contribution in [3.63, 3.8) is 0 Å². The van der Waals surface area contributed by atoms with Gasteiger partial charge in [0.05, 0.1) is 15.7 Å². The number of carbonyl (C=O) groups excluding carboxylic acids is 2. The van der Waals surface area contributed by atoms with Crippen molar-refractivity contribution in [3.05, 3.63) is 93.8 Å². The van der Waals surface area contributed by atoms with Crippen LogP contribution < -0.4 is 22.1 Å². The summed E-state index contributed by atoms with van der Waals surface area (Å²) in [6, 6.07) is 10.9. The van der Waals surface area contributed by atoms with E-state index in [0.29, 0.717) is 38.9 Å². The molecule has 0 bridgehead atoms. The zero-order chi connectivity index (χ0) is 21.6. The van der Waals surface area contributed by atoms with E-state index in [2.05, 4.69) is 17.2 Å². The second-order valence-electron chi connectivity index (χ2n) is 6.05. The number of allylic oxidation sites excluding steroid dienone is 4. The Hall–Kier alpha value is -3.22. The summed E-state index contributed by atoms with van der Waals surface area (Å²) in [6.45, 7) is 5.18. The maximum Gasteiger partial charge on any atom is 0.255 e. The molecule has 2 aromatic rings. The molecule has 0 atom stereocenters. The van der Waals surface area contributed by atoms with Gasteiger partial charge < -0.3 is 22.1 Å². The van der Waals surface area contributed by atoms with Gasteiger partial charge in [-0.05, 0) is 61.5 Å². The molecule has 0 aliphatic rings. The van der Waals surface area contributed by atoms with E-state index in [1.54, 1.807) is 25.1 Å². The minimum atomic E-state index is -0.375. The van der Waals surface area contributed by atoms with Crippen LogP contribution in [-0.2, 0) is 0 Å². The Morgan fingerprint density at radius 2 is 1.66 bits per heavy atom. The topological polar surface area (TPSA) is 110 Å². The quantitative estimate of drug-likeness (QED) is 0.401. The Morgan fingerprint density at radius 1 is 1.07 bits per heavy atom. The number of nitrogens with two attached hydrogens (primary N) is 2. The third kappa shape index (κ3) is 6.14. The van der Waals surface area contributed by atoms with Gasteiger partial charge in [-0.1, -0.05) is 29.8 Å². The van der Waals surface area contributed by atoms with Crippen LogP contribution in [0.25, 0.3) is 0 Å². The molecule has 2 amide bonds. The Balaban J connectivity index is 2.09. The molecule has 6 nitrogen and oxygen atoms in total. The number of anilines is 2. The summed E-state index contributed by atoms with van der Waals surface area (Å²) in [7, 11) is 0. The lowest BCUT2D eigenvalue weighted by atomic mass is 10.1. The average molecular weight is 431 g/mol. The zero-order valence-electron chi connectivity index (χ0n) is 15.6. The van der Waals surface area contributed by atoms with Crippen molar-refractivity contribution in [1.29, 1.82) is 0 Å². The van der Waals surface area contributed by atoms with Crippen LogP contribution in [0.5, 0.6) is 0 Å². The average Bonchev–Trinajstić information content (AvgIpc) is 2.69. The molecule has 2 aromatic carbocycles. The second kappa shape index (κ2) is 9.82. The molecule has 29 heavy (non-hydrogen) atoms. The fourth-order valence-corrected chi connectivity index (χ4v) is 2.63. The number of halogens is 2. The number of amides is 2. The summed E-state index contributed by atoms with van der Waals surface area (Å²) in [5, 5.41) is 5.98. The highest BCUT2D eigenvalue weighted by molar-refractivity contribution is 6.34. The lowest BCUT2D eigenvalue weighted by molar-refractivity contribution is 0.0963. The third-order valence-corrected chi connectivity index (χ3v) is 4.54. The summed E-state index contributed by atoms with van der Waals surface area (Å²) in [5.41, 5.74) is 13.7. The Morgan fingerprint density at radius 3 is 2.21 bits per heavy atom. The molecule has 0 aliphatic heterocycles. The van der Waals surface area contributed by atoms with Crippen LogP contribution in [0.2, 0.25) is 5.02 Å². The monoisotopic (exact) mass is 430 g/mol. The van der Waals surface area contributed by atoms with E-state index in [1.807, 2.05) is 0 Å². The van der Waals surface area contributed by atoms with Crippen molar-refractivity contribution in [3.8, 4) is 0 Å². The SMILES string of the molecule is C=C/C(N)=C\C(Cl)=C(/C)NC(=O)c1ccc(C(=O)Nc2ccc(N)cc2Cl)cc1. The van der Waals surface area contributed by atoms with Crippen LogP contribution >= 0.6 is 23.2 Å². The van der Waals surface area contributed by atoms with E-state index in [9.17, 15) is 9.59 Å². The number of benzene rings is 2. The molecule has 0 fully saturated rings. The minimum absolute atomic E-state index is 0.284. The van der Waals surface area contributed by atoms with Gasteiger partial charge in [-0.15, -0.1) is 0 Å². The number of hydrogen-bond donors (Lipinski definition) is 4. The van der Waals surface area contributed by atoms with E-state index in [1.165, 1.54) is 36.4 Å². The maximum atomic E-state index is 12.4. The zero-order valence-corrected chi connectivity index (χ0v) is 17.1. The molecule has 0 aliphatic carbocycles. The van der Waals surface area contributed by atoms with Crippen LogP contribution in [0.4, 0.5) is 11.4 Å². The molecule has 0 radical (unpaired) electrons. The molecule has 2 rings (SSSR count). The summed E-state index contributed by atoms with van der Waals surface area (Å²) in [5.74, 6) is -0.743. The summed E-state index contributed by atoms with van der Waals surface area (Å²) >= 11 is 12.2. The van der Waals surface area contributed by atoms with Gasteiger partial charge in [0.15, 0.2) is 0 Å². The Kier molecular flexibility index (Phi) is 7.47. The molecule has 8 heteroatoms. The van der Waals surface area contributed by atoms with Crippen LogP contribution in [0, 0.1) is 0 Å². The van der Waals surface area contributed by atoms with Crippen molar-refractivity contribution in [2.75, 3.05) is 11.1 Å². The van der Waals surface area contributed by atoms with Gasteiger partial charge in [-0.2, -0.15) is 0 Å². The Bertz CT molecular complexity index is 1010.